The normalized spacial score (nSPS) is 22.3. The fourth-order valence-electron chi connectivity index (χ4n) is 2.35. The molecule has 0 aromatic heterocycles. The van der Waals surface area contributed by atoms with Crippen molar-refractivity contribution in [1.29, 1.82) is 0 Å². The van der Waals surface area contributed by atoms with Crippen LogP contribution in [0, 0.1) is 0 Å². The van der Waals surface area contributed by atoms with E-state index < -0.39 is 5.60 Å². The van der Waals surface area contributed by atoms with Crippen LogP contribution in [0.2, 0.25) is 0 Å². The van der Waals surface area contributed by atoms with Gasteiger partial charge in [-0.2, -0.15) is 0 Å². The molecule has 1 atom stereocenters. The van der Waals surface area contributed by atoms with Crippen LogP contribution in [0.1, 0.15) is 42.5 Å². The minimum absolute atomic E-state index is 0.0755. The van der Waals surface area contributed by atoms with Crippen LogP contribution < -0.4 is 0 Å². The van der Waals surface area contributed by atoms with E-state index in [0.717, 1.165) is 25.7 Å². The predicted molar refractivity (Wildman–Crippen MR) is 66.1 cm³/mol. The number of rotatable bonds is 2. The summed E-state index contributed by atoms with van der Waals surface area (Å²) in [5, 5.41) is 10.5. The van der Waals surface area contributed by atoms with Crippen LogP contribution in [0.25, 0.3) is 0 Å². The number of alkyl halides is 1. The molecule has 2 rings (SSSR count). The molecule has 1 N–H and O–H groups in total. The molecule has 1 nitrogen and oxygen atoms in total. The molecular weight excluding hydrogens is 252 g/mol. The van der Waals surface area contributed by atoms with Crippen LogP contribution in [0.5, 0.6) is 0 Å². The molecule has 1 fully saturated rings. The fraction of sp³-hybridized carbons (Fsp3) is 0.538. The second-order valence-corrected chi connectivity index (χ2v) is 5.35. The summed E-state index contributed by atoms with van der Waals surface area (Å²) in [7, 11) is 0. The van der Waals surface area contributed by atoms with Gasteiger partial charge in [0.05, 0.1) is 10.4 Å². The van der Waals surface area contributed by atoms with Crippen LogP contribution in [-0.4, -0.2) is 10.7 Å². The molecule has 15 heavy (non-hydrogen) atoms. The Hall–Kier alpha value is -0.340. The van der Waals surface area contributed by atoms with Gasteiger partial charge < -0.3 is 5.11 Å². The number of hydrogen-bond acceptors (Lipinski definition) is 1. The summed E-state index contributed by atoms with van der Waals surface area (Å²) in [5.41, 5.74) is 0.640. The van der Waals surface area contributed by atoms with Gasteiger partial charge in [0.15, 0.2) is 0 Å². The molecule has 0 amide bonds. The van der Waals surface area contributed by atoms with Gasteiger partial charge in [0.25, 0.3) is 0 Å². The third-order valence-electron chi connectivity index (χ3n) is 3.28. The number of benzene rings is 1. The predicted octanol–water partition coefficient (Wildman–Crippen LogP) is 3.82. The summed E-state index contributed by atoms with van der Waals surface area (Å²) >= 11 is 3.65. The van der Waals surface area contributed by atoms with Crippen LogP contribution in [-0.2, 0) is 0 Å². The lowest BCUT2D eigenvalue weighted by Crippen LogP contribution is -2.35. The molecule has 2 heteroatoms. The molecular formula is C13H17BrO. The average Bonchev–Trinajstić information content (AvgIpc) is 2.30. The smallest absolute Gasteiger partial charge is 0.0813 e. The van der Waals surface area contributed by atoms with Gasteiger partial charge in [0, 0.05) is 0 Å². The highest BCUT2D eigenvalue weighted by Crippen LogP contribution is 2.43. The summed E-state index contributed by atoms with van der Waals surface area (Å²) in [6.07, 6.45) is 5.38. The lowest BCUT2D eigenvalue weighted by molar-refractivity contribution is 0.00336. The molecule has 1 aromatic rings. The van der Waals surface area contributed by atoms with Crippen LogP contribution >= 0.6 is 15.9 Å². The van der Waals surface area contributed by atoms with E-state index >= 15 is 0 Å². The summed E-state index contributed by atoms with van der Waals surface area (Å²) in [5.74, 6) is 0. The van der Waals surface area contributed by atoms with Crippen molar-refractivity contribution in [2.24, 2.45) is 0 Å². The topological polar surface area (TPSA) is 20.2 Å². The Morgan fingerprint density at radius 2 is 1.67 bits per heavy atom. The SMILES string of the molecule is OC1(C(Br)c2ccccc2)CCCCC1. The third kappa shape index (κ3) is 2.43. The lowest BCUT2D eigenvalue weighted by atomic mass is 9.80. The Labute approximate surface area is 99.6 Å². The lowest BCUT2D eigenvalue weighted by Gasteiger charge is -2.36. The second kappa shape index (κ2) is 4.67. The van der Waals surface area contributed by atoms with Crippen molar-refractivity contribution >= 4 is 15.9 Å². The van der Waals surface area contributed by atoms with E-state index in [4.69, 9.17) is 0 Å². The van der Waals surface area contributed by atoms with E-state index in [9.17, 15) is 5.11 Å². The highest BCUT2D eigenvalue weighted by molar-refractivity contribution is 9.09. The monoisotopic (exact) mass is 268 g/mol. The Balaban J connectivity index is 2.16. The van der Waals surface area contributed by atoms with Crippen LogP contribution in [0.15, 0.2) is 30.3 Å². The standard InChI is InChI=1S/C13H17BrO/c14-12(11-7-3-1-4-8-11)13(15)9-5-2-6-10-13/h1,3-4,7-8,12,15H,2,5-6,9-10H2. The van der Waals surface area contributed by atoms with E-state index in [0.29, 0.717) is 0 Å². The van der Waals surface area contributed by atoms with E-state index in [-0.39, 0.29) is 4.83 Å². The second-order valence-electron chi connectivity index (χ2n) is 4.44. The zero-order valence-corrected chi connectivity index (χ0v) is 10.4. The van der Waals surface area contributed by atoms with Gasteiger partial charge in [0.1, 0.15) is 0 Å². The van der Waals surface area contributed by atoms with Crippen molar-refractivity contribution < 1.29 is 5.11 Å². The molecule has 1 aromatic carbocycles. The molecule has 0 aliphatic heterocycles. The van der Waals surface area contributed by atoms with Crippen molar-refractivity contribution in [1.82, 2.24) is 0 Å². The maximum absolute atomic E-state index is 10.5. The fourth-order valence-corrected chi connectivity index (χ4v) is 3.11. The largest absolute Gasteiger partial charge is 0.388 e. The maximum atomic E-state index is 10.5. The van der Waals surface area contributed by atoms with Crippen molar-refractivity contribution in [3.8, 4) is 0 Å². The van der Waals surface area contributed by atoms with Crippen LogP contribution in [0.4, 0.5) is 0 Å². The molecule has 0 heterocycles. The molecule has 1 aliphatic carbocycles. The van der Waals surface area contributed by atoms with Gasteiger partial charge in [-0.05, 0) is 18.4 Å². The molecule has 1 saturated carbocycles. The molecule has 0 radical (unpaired) electrons. The first kappa shape index (κ1) is 11.2. The van der Waals surface area contributed by atoms with Gasteiger partial charge in [0.2, 0.25) is 0 Å². The van der Waals surface area contributed by atoms with E-state index in [2.05, 4.69) is 28.1 Å². The number of hydrogen-bond donors (Lipinski definition) is 1. The van der Waals surface area contributed by atoms with Crippen molar-refractivity contribution in [2.45, 2.75) is 42.5 Å². The number of halogens is 1. The maximum Gasteiger partial charge on any atom is 0.0813 e. The molecule has 82 valence electrons. The first-order valence-corrected chi connectivity index (χ1v) is 6.55. The van der Waals surface area contributed by atoms with Gasteiger partial charge in [-0.3, -0.25) is 0 Å². The summed E-state index contributed by atoms with van der Waals surface area (Å²) in [4.78, 5) is 0.0755. The van der Waals surface area contributed by atoms with Crippen molar-refractivity contribution in [3.05, 3.63) is 35.9 Å². The van der Waals surface area contributed by atoms with Gasteiger partial charge >= 0.3 is 0 Å². The van der Waals surface area contributed by atoms with Gasteiger partial charge in [-0.15, -0.1) is 0 Å². The molecule has 1 aliphatic rings. The van der Waals surface area contributed by atoms with Gasteiger partial charge in [-0.1, -0.05) is 65.5 Å². The highest BCUT2D eigenvalue weighted by Gasteiger charge is 2.36. The summed E-state index contributed by atoms with van der Waals surface area (Å²) in [6, 6.07) is 10.2. The Kier molecular flexibility index (Phi) is 3.47. The van der Waals surface area contributed by atoms with Crippen molar-refractivity contribution in [3.63, 3.8) is 0 Å². The first-order valence-electron chi connectivity index (χ1n) is 5.64. The zero-order valence-electron chi connectivity index (χ0n) is 8.82. The van der Waals surface area contributed by atoms with Crippen molar-refractivity contribution in [2.75, 3.05) is 0 Å². The minimum atomic E-state index is -0.542. The van der Waals surface area contributed by atoms with E-state index in [1.807, 2.05) is 18.2 Å². The highest BCUT2D eigenvalue weighted by atomic mass is 79.9. The van der Waals surface area contributed by atoms with E-state index in [1.54, 1.807) is 0 Å². The Morgan fingerprint density at radius 1 is 1.07 bits per heavy atom. The van der Waals surface area contributed by atoms with Crippen LogP contribution in [0.3, 0.4) is 0 Å². The molecule has 1 unspecified atom stereocenters. The summed E-state index contributed by atoms with van der Waals surface area (Å²) in [6.45, 7) is 0. The third-order valence-corrected chi connectivity index (χ3v) is 4.66. The van der Waals surface area contributed by atoms with Gasteiger partial charge in [-0.25, -0.2) is 0 Å². The Bertz CT molecular complexity index is 304. The number of aliphatic hydroxyl groups is 1. The quantitative estimate of drug-likeness (QED) is 0.809. The summed E-state index contributed by atoms with van der Waals surface area (Å²) < 4.78 is 0. The molecule has 0 bridgehead atoms. The molecule has 0 spiro atoms. The first-order chi connectivity index (χ1) is 7.22. The minimum Gasteiger partial charge on any atom is -0.388 e. The zero-order chi connectivity index (χ0) is 10.7. The average molecular weight is 269 g/mol. The Morgan fingerprint density at radius 3 is 2.27 bits per heavy atom. The molecule has 0 saturated heterocycles. The van der Waals surface area contributed by atoms with E-state index in [1.165, 1.54) is 12.0 Å².